The van der Waals surface area contributed by atoms with Crippen LogP contribution >= 0.6 is 0 Å². The zero-order chi connectivity index (χ0) is 7.84. The molecule has 1 saturated carbocycles. The molecule has 1 nitrogen and oxygen atoms in total. The van der Waals surface area contributed by atoms with Crippen LogP contribution < -0.4 is 0 Å². The van der Waals surface area contributed by atoms with Crippen LogP contribution in [0.1, 0.15) is 13.3 Å². The van der Waals surface area contributed by atoms with Crippen molar-refractivity contribution in [1.82, 2.24) is 0 Å². The van der Waals surface area contributed by atoms with Crippen molar-refractivity contribution in [2.45, 2.75) is 19.4 Å². The van der Waals surface area contributed by atoms with Crippen LogP contribution in [0.2, 0.25) is 0 Å². The summed E-state index contributed by atoms with van der Waals surface area (Å²) in [5.74, 6) is 1.92. The summed E-state index contributed by atoms with van der Waals surface area (Å²) >= 11 is 0. The van der Waals surface area contributed by atoms with E-state index in [9.17, 15) is 5.11 Å². The Balaban J connectivity index is 2.04. The van der Waals surface area contributed by atoms with Gasteiger partial charge in [0.15, 0.2) is 0 Å². The molecular weight excluding hydrogens is 136 g/mol. The smallest absolute Gasteiger partial charge is 0.0548 e. The van der Waals surface area contributed by atoms with E-state index < -0.39 is 0 Å². The highest BCUT2D eigenvalue weighted by molar-refractivity contribution is 5.19. The van der Waals surface area contributed by atoms with Crippen molar-refractivity contribution in [2.24, 2.45) is 17.8 Å². The maximum absolute atomic E-state index is 9.36. The molecule has 0 spiro atoms. The van der Waals surface area contributed by atoms with Gasteiger partial charge in [-0.3, -0.25) is 0 Å². The molecule has 2 aliphatic rings. The van der Waals surface area contributed by atoms with Gasteiger partial charge in [0, 0.05) is 0 Å². The Morgan fingerprint density at radius 2 is 2.27 bits per heavy atom. The van der Waals surface area contributed by atoms with Gasteiger partial charge in [0.25, 0.3) is 0 Å². The minimum absolute atomic E-state index is 0.124. The summed E-state index contributed by atoms with van der Waals surface area (Å²) in [5.41, 5.74) is 0. The number of fused-ring (bicyclic) bond motifs is 1. The predicted molar refractivity (Wildman–Crippen MR) is 45.0 cm³/mol. The second kappa shape index (κ2) is 2.49. The molecule has 0 aromatic rings. The van der Waals surface area contributed by atoms with Gasteiger partial charge < -0.3 is 5.11 Å². The molecule has 60 valence electrons. The molecule has 0 bridgehead atoms. The Kier molecular flexibility index (Phi) is 1.61. The van der Waals surface area contributed by atoms with Crippen LogP contribution in [0.25, 0.3) is 0 Å². The first-order valence-electron chi connectivity index (χ1n) is 4.32. The van der Waals surface area contributed by atoms with Gasteiger partial charge in [-0.15, -0.1) is 0 Å². The molecular formula is C10H14O. The van der Waals surface area contributed by atoms with Crippen LogP contribution in [0.5, 0.6) is 0 Å². The molecule has 4 atom stereocenters. The maximum atomic E-state index is 9.36. The topological polar surface area (TPSA) is 20.2 Å². The van der Waals surface area contributed by atoms with E-state index in [1.54, 1.807) is 0 Å². The van der Waals surface area contributed by atoms with E-state index in [1.807, 2.05) is 6.92 Å². The average Bonchev–Trinajstić information content (AvgIpc) is 2.57. The van der Waals surface area contributed by atoms with Crippen molar-refractivity contribution in [3.05, 3.63) is 24.3 Å². The predicted octanol–water partition coefficient (Wildman–Crippen LogP) is 1.75. The number of hydrogen-bond donors (Lipinski definition) is 1. The molecule has 1 N–H and O–H groups in total. The van der Waals surface area contributed by atoms with Crippen molar-refractivity contribution >= 4 is 0 Å². The van der Waals surface area contributed by atoms with Gasteiger partial charge in [-0.25, -0.2) is 0 Å². The van der Waals surface area contributed by atoms with Gasteiger partial charge in [0.05, 0.1) is 6.10 Å². The fraction of sp³-hybridized carbons (Fsp3) is 0.600. The van der Waals surface area contributed by atoms with E-state index >= 15 is 0 Å². The Morgan fingerprint density at radius 3 is 3.00 bits per heavy atom. The summed E-state index contributed by atoms with van der Waals surface area (Å²) in [6.45, 7) is 1.90. The summed E-state index contributed by atoms with van der Waals surface area (Å²) < 4.78 is 0. The van der Waals surface area contributed by atoms with Crippen molar-refractivity contribution in [3.63, 3.8) is 0 Å². The summed E-state index contributed by atoms with van der Waals surface area (Å²) in [7, 11) is 0. The maximum Gasteiger partial charge on any atom is 0.0548 e. The Labute approximate surface area is 67.4 Å². The standard InChI is InChI=1S/C10H14O/c1-7(11)10-8-5-3-2-4-6-9(8)10/h2-5,7-11H,6H2,1H3. The molecule has 0 radical (unpaired) electrons. The summed E-state index contributed by atoms with van der Waals surface area (Å²) in [5, 5.41) is 9.36. The van der Waals surface area contributed by atoms with E-state index in [0.717, 1.165) is 12.3 Å². The summed E-state index contributed by atoms with van der Waals surface area (Å²) in [6.07, 6.45) is 9.65. The molecule has 2 aliphatic carbocycles. The molecule has 0 amide bonds. The minimum Gasteiger partial charge on any atom is -0.393 e. The Morgan fingerprint density at radius 1 is 1.45 bits per heavy atom. The third-order valence-electron chi connectivity index (χ3n) is 2.84. The highest BCUT2D eigenvalue weighted by Crippen LogP contribution is 2.52. The van der Waals surface area contributed by atoms with Crippen LogP contribution in [-0.2, 0) is 0 Å². The van der Waals surface area contributed by atoms with Crippen molar-refractivity contribution in [1.29, 1.82) is 0 Å². The van der Waals surface area contributed by atoms with Crippen LogP contribution in [0, 0.1) is 17.8 Å². The van der Waals surface area contributed by atoms with E-state index in [1.165, 1.54) is 0 Å². The average molecular weight is 150 g/mol. The third-order valence-corrected chi connectivity index (χ3v) is 2.84. The first-order chi connectivity index (χ1) is 5.30. The lowest BCUT2D eigenvalue weighted by Gasteiger charge is -2.00. The number of rotatable bonds is 1. The van der Waals surface area contributed by atoms with E-state index in [2.05, 4.69) is 24.3 Å². The molecule has 0 heterocycles. The van der Waals surface area contributed by atoms with Gasteiger partial charge in [-0.1, -0.05) is 24.3 Å². The first kappa shape index (κ1) is 7.11. The molecule has 0 aliphatic heterocycles. The monoisotopic (exact) mass is 150 g/mol. The molecule has 1 heteroatoms. The molecule has 11 heavy (non-hydrogen) atoms. The Hall–Kier alpha value is -0.560. The second-order valence-corrected chi connectivity index (χ2v) is 3.61. The molecule has 0 aromatic carbocycles. The minimum atomic E-state index is -0.124. The SMILES string of the molecule is CC(O)C1C2C=CC=CCC21. The fourth-order valence-electron chi connectivity index (χ4n) is 2.20. The number of aliphatic hydroxyl groups excluding tert-OH is 1. The highest BCUT2D eigenvalue weighted by Gasteiger charge is 2.49. The van der Waals surface area contributed by atoms with E-state index in [0.29, 0.717) is 11.8 Å². The molecule has 2 rings (SSSR count). The van der Waals surface area contributed by atoms with Gasteiger partial charge in [0.2, 0.25) is 0 Å². The van der Waals surface area contributed by atoms with Crippen molar-refractivity contribution in [2.75, 3.05) is 0 Å². The van der Waals surface area contributed by atoms with Crippen molar-refractivity contribution in [3.8, 4) is 0 Å². The molecule has 1 fully saturated rings. The van der Waals surface area contributed by atoms with Crippen LogP contribution in [0.15, 0.2) is 24.3 Å². The number of aliphatic hydroxyl groups is 1. The highest BCUT2D eigenvalue weighted by atomic mass is 16.3. The number of hydrogen-bond acceptors (Lipinski definition) is 1. The van der Waals surface area contributed by atoms with Crippen LogP contribution in [-0.4, -0.2) is 11.2 Å². The number of allylic oxidation sites excluding steroid dienone is 4. The lowest BCUT2D eigenvalue weighted by molar-refractivity contribution is 0.161. The first-order valence-corrected chi connectivity index (χ1v) is 4.32. The molecule has 4 unspecified atom stereocenters. The second-order valence-electron chi connectivity index (χ2n) is 3.61. The van der Waals surface area contributed by atoms with Crippen LogP contribution in [0.3, 0.4) is 0 Å². The Bertz CT molecular complexity index is 203. The normalized spacial score (nSPS) is 42.9. The van der Waals surface area contributed by atoms with Crippen molar-refractivity contribution < 1.29 is 5.11 Å². The van der Waals surface area contributed by atoms with E-state index in [-0.39, 0.29) is 6.10 Å². The largest absolute Gasteiger partial charge is 0.393 e. The quantitative estimate of drug-likeness (QED) is 0.603. The van der Waals surface area contributed by atoms with Gasteiger partial charge in [-0.05, 0) is 31.1 Å². The molecule has 0 saturated heterocycles. The third kappa shape index (κ3) is 1.14. The summed E-state index contributed by atoms with van der Waals surface area (Å²) in [4.78, 5) is 0. The summed E-state index contributed by atoms with van der Waals surface area (Å²) in [6, 6.07) is 0. The zero-order valence-corrected chi connectivity index (χ0v) is 6.77. The van der Waals surface area contributed by atoms with E-state index in [4.69, 9.17) is 0 Å². The molecule has 0 aromatic heterocycles. The zero-order valence-electron chi connectivity index (χ0n) is 6.77. The van der Waals surface area contributed by atoms with Gasteiger partial charge >= 0.3 is 0 Å². The lowest BCUT2D eigenvalue weighted by Crippen LogP contribution is -2.04. The fourth-order valence-corrected chi connectivity index (χ4v) is 2.20. The van der Waals surface area contributed by atoms with Gasteiger partial charge in [0.1, 0.15) is 0 Å². The van der Waals surface area contributed by atoms with Crippen LogP contribution in [0.4, 0.5) is 0 Å². The lowest BCUT2D eigenvalue weighted by atomic mass is 10.1. The van der Waals surface area contributed by atoms with Gasteiger partial charge in [-0.2, -0.15) is 0 Å².